The van der Waals surface area contributed by atoms with Crippen molar-refractivity contribution in [2.45, 2.75) is 0 Å². The zero-order valence-electron chi connectivity index (χ0n) is 4.48. The van der Waals surface area contributed by atoms with Crippen LogP contribution < -0.4 is 0 Å². The maximum absolute atomic E-state index is 0. The molecule has 0 unspecified atom stereocenters. The van der Waals surface area contributed by atoms with Gasteiger partial charge in [0.2, 0.25) is 0 Å². The fourth-order valence-corrected chi connectivity index (χ4v) is 0. The Labute approximate surface area is 144 Å². The monoisotopic (exact) mass is 433 g/mol. The summed E-state index contributed by atoms with van der Waals surface area (Å²) in [6.07, 6.45) is 0. The van der Waals surface area contributed by atoms with Gasteiger partial charge in [-0.2, -0.15) is 0 Å². The van der Waals surface area contributed by atoms with Crippen molar-refractivity contribution in [3.05, 3.63) is 0 Å². The van der Waals surface area contributed by atoms with E-state index in [0.717, 1.165) is 0 Å². The van der Waals surface area contributed by atoms with Gasteiger partial charge in [-0.15, -0.1) is 0 Å². The molecule has 9 heavy (non-hydrogen) atoms. The van der Waals surface area contributed by atoms with Crippen LogP contribution in [0.1, 0.15) is 0 Å². The van der Waals surface area contributed by atoms with E-state index >= 15 is 0 Å². The fraction of sp³-hybridized carbons (Fsp3) is 0. The van der Waals surface area contributed by atoms with Crippen molar-refractivity contribution >= 4 is 97.8 Å². The van der Waals surface area contributed by atoms with Crippen LogP contribution >= 0.6 is 0 Å². The molecule has 0 saturated heterocycles. The molecule has 0 aliphatic rings. The second kappa shape index (κ2) is 106. The summed E-state index contributed by atoms with van der Waals surface area (Å²) >= 11 is 0. The summed E-state index contributed by atoms with van der Waals surface area (Å²) in [5.74, 6) is 0. The largest absolute Gasteiger partial charge is 2.00 e. The maximum atomic E-state index is 0. The van der Waals surface area contributed by atoms with Gasteiger partial charge in [-0.05, 0) is 0 Å². The van der Waals surface area contributed by atoms with Crippen LogP contribution in [0.15, 0.2) is 0 Å². The topological polar surface area (TPSA) is 180 Å². The van der Waals surface area contributed by atoms with Gasteiger partial charge in [0.1, 0.15) is 0 Å². The zero-order valence-corrected chi connectivity index (χ0v) is 14.5. The van der Waals surface area contributed by atoms with E-state index in [0.29, 0.717) is 0 Å². The van der Waals surface area contributed by atoms with Gasteiger partial charge in [-0.1, -0.05) is 0 Å². The van der Waals surface area contributed by atoms with Crippen molar-refractivity contribution in [3.8, 4) is 0 Å². The van der Waals surface area contributed by atoms with Crippen molar-refractivity contribution in [2.75, 3.05) is 0 Å². The van der Waals surface area contributed by atoms with Gasteiger partial charge in [0, 0.05) is 0 Å². The van der Waals surface area contributed by atoms with Crippen LogP contribution in [0.5, 0.6) is 0 Å². The molecule has 0 aromatic heterocycles. The minimum absolute atomic E-state index is 0. The molecule has 0 aliphatic carbocycles. The minimum atomic E-state index is 0. The van der Waals surface area contributed by atoms with E-state index in [1.165, 1.54) is 0 Å². The predicted octanol–water partition coefficient (Wildman–Crippen LogP) is -1.82. The third kappa shape index (κ3) is 86.6. The van der Waals surface area contributed by atoms with E-state index < -0.39 is 0 Å². The van der Waals surface area contributed by atoms with Gasteiger partial charge in [0.25, 0.3) is 0 Å². The van der Waals surface area contributed by atoms with E-state index in [2.05, 4.69) is 0 Å². The first-order valence-electron chi connectivity index (χ1n) is 0. The van der Waals surface area contributed by atoms with E-state index in [4.69, 9.17) is 0 Å². The Morgan fingerprint density at radius 2 is 0.333 bits per heavy atom. The molecule has 1 radical (unpaired) electrons. The minimum Gasteiger partial charge on any atom is -0.870 e. The second-order valence-corrected chi connectivity index (χ2v) is 0. The molecule has 0 aromatic rings. The Kier molecular flexibility index (Phi) is 1630. The standard InChI is InChI=1S/2Ba.Mn.6H2O/h;;;6*1H2/q3*+2;;;;;;/p-6. The molecular weight excluding hydrogens is 426 g/mol. The summed E-state index contributed by atoms with van der Waals surface area (Å²) in [6.45, 7) is 0. The van der Waals surface area contributed by atoms with Gasteiger partial charge in [-0.3, -0.25) is 0 Å². The molecule has 0 fully saturated rings. The maximum Gasteiger partial charge on any atom is 2.00 e. The quantitative estimate of drug-likeness (QED) is 0.407. The number of hydrogen-bond acceptors (Lipinski definition) is 6. The molecule has 0 atom stereocenters. The number of rotatable bonds is 0. The summed E-state index contributed by atoms with van der Waals surface area (Å²) in [5, 5.41) is 0. The van der Waals surface area contributed by atoms with Gasteiger partial charge in [0.05, 0.1) is 0 Å². The molecule has 0 aliphatic heterocycles. The molecule has 0 heterocycles. The van der Waals surface area contributed by atoms with Gasteiger partial charge in [-0.25, -0.2) is 0 Å². The van der Waals surface area contributed by atoms with Crippen molar-refractivity contribution < 1.29 is 49.9 Å². The van der Waals surface area contributed by atoms with Crippen molar-refractivity contribution in [1.82, 2.24) is 0 Å². The summed E-state index contributed by atoms with van der Waals surface area (Å²) in [6, 6.07) is 0. The van der Waals surface area contributed by atoms with Crippen LogP contribution in [0.4, 0.5) is 0 Å². The van der Waals surface area contributed by atoms with E-state index in [1.807, 2.05) is 0 Å². The van der Waals surface area contributed by atoms with Crippen LogP contribution in [0.25, 0.3) is 0 Å². The SMILES string of the molecule is [Ba+2].[Ba+2].[Mn+2].[OH-].[OH-].[OH-].[OH-].[OH-].[OH-]. The van der Waals surface area contributed by atoms with E-state index in [9.17, 15) is 0 Å². The average molecular weight is 432 g/mol. The summed E-state index contributed by atoms with van der Waals surface area (Å²) < 4.78 is 0. The van der Waals surface area contributed by atoms with Gasteiger partial charge in [0.15, 0.2) is 0 Å². The summed E-state index contributed by atoms with van der Waals surface area (Å²) in [5.41, 5.74) is 0. The molecule has 53 valence electrons. The van der Waals surface area contributed by atoms with E-state index in [1.54, 1.807) is 0 Å². The smallest absolute Gasteiger partial charge is 0.870 e. The van der Waals surface area contributed by atoms with Crippen LogP contribution in [0.2, 0.25) is 0 Å². The average Bonchev–Trinajstić information content (AvgIpc) is 0. The molecular formula is H6Ba2MnO6. The Balaban J connectivity index is 0. The third-order valence-electron chi connectivity index (χ3n) is 0. The van der Waals surface area contributed by atoms with Crippen LogP contribution in [-0.2, 0) is 17.1 Å². The third-order valence-corrected chi connectivity index (χ3v) is 0. The van der Waals surface area contributed by atoms with Gasteiger partial charge >= 0.3 is 115 Å². The Hall–Kier alpha value is 3.42. The molecule has 0 amide bonds. The summed E-state index contributed by atoms with van der Waals surface area (Å²) in [7, 11) is 0. The number of hydrogen-bond donors (Lipinski definition) is 0. The van der Waals surface area contributed by atoms with Crippen LogP contribution in [-0.4, -0.2) is 131 Å². The molecule has 6 N–H and O–H groups in total. The van der Waals surface area contributed by atoms with Crippen molar-refractivity contribution in [2.24, 2.45) is 0 Å². The normalized spacial score (nSPS) is 0. The molecule has 0 bridgehead atoms. The molecule has 0 rings (SSSR count). The van der Waals surface area contributed by atoms with Crippen LogP contribution in [0, 0.1) is 0 Å². The summed E-state index contributed by atoms with van der Waals surface area (Å²) in [4.78, 5) is 0. The van der Waals surface area contributed by atoms with E-state index in [-0.39, 0.29) is 148 Å². The Bertz CT molecular complexity index is 11.0. The molecule has 6 nitrogen and oxygen atoms in total. The zero-order chi connectivity index (χ0) is 0. The molecule has 9 heteroatoms. The Morgan fingerprint density at radius 1 is 0.333 bits per heavy atom. The first-order valence-corrected chi connectivity index (χ1v) is 0. The van der Waals surface area contributed by atoms with Gasteiger partial charge < -0.3 is 32.9 Å². The fourth-order valence-electron chi connectivity index (χ4n) is 0. The van der Waals surface area contributed by atoms with Crippen molar-refractivity contribution in [3.63, 3.8) is 0 Å². The molecule has 0 aromatic carbocycles. The first kappa shape index (κ1) is 138. The Morgan fingerprint density at radius 3 is 0.333 bits per heavy atom. The first-order chi connectivity index (χ1) is 0. The molecule has 0 spiro atoms. The second-order valence-electron chi connectivity index (χ2n) is 0. The van der Waals surface area contributed by atoms with Crippen LogP contribution in [0.3, 0.4) is 0 Å². The van der Waals surface area contributed by atoms with Crippen molar-refractivity contribution in [1.29, 1.82) is 0 Å². The molecule has 0 saturated carbocycles. The predicted molar refractivity (Wildman–Crippen MR) is 23.1 cm³/mol.